The lowest BCUT2D eigenvalue weighted by molar-refractivity contribution is 1.15. The van der Waals surface area contributed by atoms with Crippen LogP contribution in [0.2, 0.25) is 0 Å². The molecule has 0 unspecified atom stereocenters. The summed E-state index contributed by atoms with van der Waals surface area (Å²) < 4.78 is 0. The van der Waals surface area contributed by atoms with Gasteiger partial charge in [0.1, 0.15) is 0 Å². The molecule has 0 atom stereocenters. The molecule has 0 amide bonds. The van der Waals surface area contributed by atoms with E-state index in [1.54, 1.807) is 0 Å². The van der Waals surface area contributed by atoms with Gasteiger partial charge in [-0.05, 0) is 30.5 Å². The van der Waals surface area contributed by atoms with Gasteiger partial charge in [-0.15, -0.1) is 0 Å². The number of aromatic amines is 1. The fraction of sp³-hybridized carbons (Fsp3) is 0.125. The highest BCUT2D eigenvalue weighted by Crippen LogP contribution is 2.24. The van der Waals surface area contributed by atoms with Crippen molar-refractivity contribution in [1.29, 1.82) is 0 Å². The second kappa shape index (κ2) is 4.10. The van der Waals surface area contributed by atoms with Crippen LogP contribution >= 0.6 is 0 Å². The average molecular weight is 221 g/mol. The second-order valence-corrected chi connectivity index (χ2v) is 4.44. The molecule has 3 rings (SSSR count). The fourth-order valence-corrected chi connectivity index (χ4v) is 2.36. The van der Waals surface area contributed by atoms with Gasteiger partial charge in [0.25, 0.3) is 0 Å². The molecule has 3 aromatic rings. The van der Waals surface area contributed by atoms with Gasteiger partial charge >= 0.3 is 0 Å². The van der Waals surface area contributed by atoms with E-state index in [2.05, 4.69) is 66.5 Å². The summed E-state index contributed by atoms with van der Waals surface area (Å²) in [5, 5.41) is 1.34. The summed E-state index contributed by atoms with van der Waals surface area (Å²) in [6, 6.07) is 19.1. The largest absolute Gasteiger partial charge is 0.358 e. The minimum atomic E-state index is 0.997. The maximum Gasteiger partial charge on any atom is 0.0458 e. The topological polar surface area (TPSA) is 15.8 Å². The van der Waals surface area contributed by atoms with E-state index in [0.29, 0.717) is 0 Å². The first-order valence-corrected chi connectivity index (χ1v) is 5.95. The lowest BCUT2D eigenvalue weighted by Crippen LogP contribution is -1.88. The molecule has 0 fully saturated rings. The number of benzene rings is 2. The van der Waals surface area contributed by atoms with Gasteiger partial charge in [0.05, 0.1) is 0 Å². The predicted molar refractivity (Wildman–Crippen MR) is 72.3 cm³/mol. The van der Waals surface area contributed by atoms with E-state index in [4.69, 9.17) is 0 Å². The standard InChI is InChI=1S/C16H15N/c1-12-15(11-13-7-3-2-4-8-13)14-9-5-6-10-16(14)17-12/h2-10,17H,11H2,1H3. The van der Waals surface area contributed by atoms with Crippen molar-refractivity contribution in [2.24, 2.45) is 0 Å². The molecule has 1 heterocycles. The normalized spacial score (nSPS) is 10.9. The molecule has 1 N–H and O–H groups in total. The highest BCUT2D eigenvalue weighted by molar-refractivity contribution is 5.84. The Morgan fingerprint density at radius 1 is 0.882 bits per heavy atom. The quantitative estimate of drug-likeness (QED) is 0.671. The van der Waals surface area contributed by atoms with E-state index in [-0.39, 0.29) is 0 Å². The van der Waals surface area contributed by atoms with Crippen LogP contribution in [0, 0.1) is 6.92 Å². The molecule has 1 nitrogen and oxygen atoms in total. The summed E-state index contributed by atoms with van der Waals surface area (Å²) >= 11 is 0. The maximum absolute atomic E-state index is 3.45. The van der Waals surface area contributed by atoms with E-state index >= 15 is 0 Å². The second-order valence-electron chi connectivity index (χ2n) is 4.44. The molecule has 84 valence electrons. The van der Waals surface area contributed by atoms with E-state index < -0.39 is 0 Å². The van der Waals surface area contributed by atoms with Crippen molar-refractivity contribution < 1.29 is 0 Å². The molecule has 0 saturated heterocycles. The third-order valence-corrected chi connectivity index (χ3v) is 3.25. The smallest absolute Gasteiger partial charge is 0.0458 e. The Morgan fingerprint density at radius 3 is 2.41 bits per heavy atom. The number of H-pyrrole nitrogens is 1. The van der Waals surface area contributed by atoms with Crippen molar-refractivity contribution in [3.63, 3.8) is 0 Å². The zero-order valence-corrected chi connectivity index (χ0v) is 9.90. The van der Waals surface area contributed by atoms with Crippen LogP contribution < -0.4 is 0 Å². The number of hydrogen-bond donors (Lipinski definition) is 1. The van der Waals surface area contributed by atoms with E-state index in [1.165, 1.54) is 27.7 Å². The molecule has 0 aliphatic rings. The summed E-state index contributed by atoms with van der Waals surface area (Å²) in [6.45, 7) is 2.15. The van der Waals surface area contributed by atoms with E-state index in [1.807, 2.05) is 0 Å². The number of para-hydroxylation sites is 1. The highest BCUT2D eigenvalue weighted by Gasteiger charge is 2.07. The minimum absolute atomic E-state index is 0.997. The Hall–Kier alpha value is -2.02. The zero-order valence-electron chi connectivity index (χ0n) is 9.90. The van der Waals surface area contributed by atoms with Gasteiger partial charge in [0.15, 0.2) is 0 Å². The van der Waals surface area contributed by atoms with Crippen LogP contribution in [0.25, 0.3) is 10.9 Å². The van der Waals surface area contributed by atoms with Crippen molar-refractivity contribution in [3.05, 3.63) is 71.4 Å². The van der Waals surface area contributed by atoms with Crippen molar-refractivity contribution in [3.8, 4) is 0 Å². The number of rotatable bonds is 2. The van der Waals surface area contributed by atoms with Crippen LogP contribution in [-0.4, -0.2) is 4.98 Å². The first kappa shape index (κ1) is 10.2. The minimum Gasteiger partial charge on any atom is -0.358 e. The van der Waals surface area contributed by atoms with Crippen LogP contribution in [0.5, 0.6) is 0 Å². The van der Waals surface area contributed by atoms with Gasteiger partial charge in [-0.3, -0.25) is 0 Å². The summed E-state index contributed by atoms with van der Waals surface area (Å²) in [5.41, 5.74) is 5.28. The first-order valence-electron chi connectivity index (χ1n) is 5.95. The van der Waals surface area contributed by atoms with Gasteiger partial charge in [0, 0.05) is 16.6 Å². The summed E-state index contributed by atoms with van der Waals surface area (Å²) in [4.78, 5) is 3.45. The third-order valence-electron chi connectivity index (χ3n) is 3.25. The Morgan fingerprint density at radius 2 is 1.59 bits per heavy atom. The summed E-state index contributed by atoms with van der Waals surface area (Å²) in [5.74, 6) is 0. The van der Waals surface area contributed by atoms with Crippen molar-refractivity contribution in [2.75, 3.05) is 0 Å². The molecule has 1 aromatic heterocycles. The molecular formula is C16H15N. The molecule has 0 saturated carbocycles. The maximum atomic E-state index is 3.45. The number of fused-ring (bicyclic) bond motifs is 1. The number of aryl methyl sites for hydroxylation is 1. The SMILES string of the molecule is Cc1[nH]c2ccccc2c1Cc1ccccc1. The number of aromatic nitrogens is 1. The Kier molecular flexibility index (Phi) is 2.45. The molecule has 0 bridgehead atoms. The summed E-state index contributed by atoms with van der Waals surface area (Å²) in [6.07, 6.45) is 0.997. The Balaban J connectivity index is 2.08. The first-order chi connectivity index (χ1) is 8.34. The third kappa shape index (κ3) is 1.84. The lowest BCUT2D eigenvalue weighted by Gasteiger charge is -2.01. The fourth-order valence-electron chi connectivity index (χ4n) is 2.36. The predicted octanol–water partition coefficient (Wildman–Crippen LogP) is 4.07. The van der Waals surface area contributed by atoms with Crippen molar-refractivity contribution >= 4 is 10.9 Å². The lowest BCUT2D eigenvalue weighted by atomic mass is 10.0. The van der Waals surface area contributed by atoms with Gasteiger partial charge in [-0.2, -0.15) is 0 Å². The van der Waals surface area contributed by atoms with Gasteiger partial charge in [-0.1, -0.05) is 48.5 Å². The molecule has 2 aromatic carbocycles. The molecule has 17 heavy (non-hydrogen) atoms. The molecule has 1 heteroatoms. The van der Waals surface area contributed by atoms with E-state index in [0.717, 1.165) is 6.42 Å². The molecule has 0 aliphatic heterocycles. The average Bonchev–Trinajstić information content (AvgIpc) is 2.68. The van der Waals surface area contributed by atoms with Crippen molar-refractivity contribution in [1.82, 2.24) is 4.98 Å². The van der Waals surface area contributed by atoms with Crippen molar-refractivity contribution in [2.45, 2.75) is 13.3 Å². The number of nitrogens with one attached hydrogen (secondary N) is 1. The molecule has 0 aliphatic carbocycles. The van der Waals surface area contributed by atoms with Gasteiger partial charge < -0.3 is 4.98 Å². The van der Waals surface area contributed by atoms with E-state index in [9.17, 15) is 0 Å². The Labute approximate surface area is 101 Å². The van der Waals surface area contributed by atoms with Gasteiger partial charge in [-0.25, -0.2) is 0 Å². The molecule has 0 radical (unpaired) electrons. The van der Waals surface area contributed by atoms with Crippen LogP contribution in [0.15, 0.2) is 54.6 Å². The zero-order chi connectivity index (χ0) is 11.7. The molecular weight excluding hydrogens is 206 g/mol. The number of hydrogen-bond acceptors (Lipinski definition) is 0. The van der Waals surface area contributed by atoms with Crippen LogP contribution in [-0.2, 0) is 6.42 Å². The van der Waals surface area contributed by atoms with Crippen LogP contribution in [0.3, 0.4) is 0 Å². The van der Waals surface area contributed by atoms with Crippen LogP contribution in [0.4, 0.5) is 0 Å². The summed E-state index contributed by atoms with van der Waals surface area (Å²) in [7, 11) is 0. The van der Waals surface area contributed by atoms with Crippen LogP contribution in [0.1, 0.15) is 16.8 Å². The molecule has 0 spiro atoms. The van der Waals surface area contributed by atoms with Gasteiger partial charge in [0.2, 0.25) is 0 Å². The monoisotopic (exact) mass is 221 g/mol. The highest BCUT2D eigenvalue weighted by atomic mass is 14.7. The Bertz CT molecular complexity index is 635.